The van der Waals surface area contributed by atoms with Crippen molar-refractivity contribution in [3.63, 3.8) is 0 Å². The molecule has 0 radical (unpaired) electrons. The number of likely N-dealkylation sites (tertiary alicyclic amines) is 1. The summed E-state index contributed by atoms with van der Waals surface area (Å²) in [5.74, 6) is 0. The molecule has 1 unspecified atom stereocenters. The molecule has 0 aromatic heterocycles. The maximum absolute atomic E-state index is 3.88. The van der Waals surface area contributed by atoms with E-state index < -0.39 is 0 Å². The first-order valence-corrected chi connectivity index (χ1v) is 5.61. The van der Waals surface area contributed by atoms with Gasteiger partial charge in [-0.2, -0.15) is 0 Å². The van der Waals surface area contributed by atoms with E-state index in [0.29, 0.717) is 0 Å². The molecule has 0 amide bonds. The molecule has 1 rings (SSSR count). The molecular formula is C10H19BrN2. The summed E-state index contributed by atoms with van der Waals surface area (Å²) in [7, 11) is 4.33. The number of piperidine rings is 1. The maximum Gasteiger partial charge on any atom is 0.0294 e. The minimum absolute atomic E-state index is 0.723. The summed E-state index contributed by atoms with van der Waals surface area (Å²) in [6.45, 7) is 7.27. The molecule has 0 saturated carbocycles. The second-order valence-electron chi connectivity index (χ2n) is 4.01. The molecule has 1 heterocycles. The fourth-order valence-electron chi connectivity index (χ4n) is 1.84. The molecular weight excluding hydrogens is 228 g/mol. The Hall–Kier alpha value is 0.140. The number of halogens is 1. The van der Waals surface area contributed by atoms with E-state index in [0.717, 1.165) is 17.1 Å². The van der Waals surface area contributed by atoms with Gasteiger partial charge in [0.2, 0.25) is 0 Å². The average Bonchev–Trinajstić information content (AvgIpc) is 2.03. The molecule has 0 aromatic carbocycles. The summed E-state index contributed by atoms with van der Waals surface area (Å²) in [6, 6.07) is 0.723. The van der Waals surface area contributed by atoms with Crippen molar-refractivity contribution in [1.29, 1.82) is 0 Å². The van der Waals surface area contributed by atoms with Crippen molar-refractivity contribution in [2.75, 3.05) is 33.7 Å². The molecule has 1 saturated heterocycles. The van der Waals surface area contributed by atoms with Gasteiger partial charge >= 0.3 is 0 Å². The van der Waals surface area contributed by atoms with Crippen molar-refractivity contribution in [2.24, 2.45) is 0 Å². The summed E-state index contributed by atoms with van der Waals surface area (Å²) in [6.07, 6.45) is 2.64. The zero-order valence-electron chi connectivity index (χ0n) is 8.59. The third kappa shape index (κ3) is 3.79. The smallest absolute Gasteiger partial charge is 0.0294 e. The maximum atomic E-state index is 3.88. The minimum Gasteiger partial charge on any atom is -0.305 e. The predicted molar refractivity (Wildman–Crippen MR) is 61.2 cm³/mol. The molecule has 0 aliphatic carbocycles. The fourth-order valence-corrected chi connectivity index (χ4v) is 2.19. The fraction of sp³-hybridized carbons (Fsp3) is 0.800. The van der Waals surface area contributed by atoms with Crippen LogP contribution in [0.2, 0.25) is 0 Å². The van der Waals surface area contributed by atoms with Crippen LogP contribution in [-0.4, -0.2) is 49.6 Å². The van der Waals surface area contributed by atoms with Crippen LogP contribution >= 0.6 is 15.9 Å². The van der Waals surface area contributed by atoms with E-state index >= 15 is 0 Å². The van der Waals surface area contributed by atoms with Crippen molar-refractivity contribution in [3.8, 4) is 0 Å². The monoisotopic (exact) mass is 246 g/mol. The van der Waals surface area contributed by atoms with Gasteiger partial charge in [-0.05, 0) is 33.5 Å². The van der Waals surface area contributed by atoms with Crippen LogP contribution in [0.3, 0.4) is 0 Å². The first kappa shape index (κ1) is 11.2. The van der Waals surface area contributed by atoms with Crippen molar-refractivity contribution < 1.29 is 0 Å². The quantitative estimate of drug-likeness (QED) is 0.751. The molecule has 0 N–H and O–H groups in total. The largest absolute Gasteiger partial charge is 0.305 e. The number of rotatable bonds is 3. The molecule has 1 fully saturated rings. The number of hydrogen-bond donors (Lipinski definition) is 0. The van der Waals surface area contributed by atoms with Crippen molar-refractivity contribution in [2.45, 2.75) is 18.9 Å². The van der Waals surface area contributed by atoms with Gasteiger partial charge in [0.15, 0.2) is 0 Å². The van der Waals surface area contributed by atoms with Crippen molar-refractivity contribution >= 4 is 15.9 Å². The normalized spacial score (nSPS) is 25.1. The molecule has 1 atom stereocenters. The lowest BCUT2D eigenvalue weighted by Gasteiger charge is -2.35. The molecule has 76 valence electrons. The molecule has 2 nitrogen and oxygen atoms in total. The first-order chi connectivity index (χ1) is 6.09. The Kier molecular flexibility index (Phi) is 4.42. The van der Waals surface area contributed by atoms with Gasteiger partial charge in [-0.1, -0.05) is 22.5 Å². The lowest BCUT2D eigenvalue weighted by Crippen LogP contribution is -2.45. The van der Waals surface area contributed by atoms with Crippen LogP contribution in [0, 0.1) is 0 Å². The summed E-state index contributed by atoms with van der Waals surface area (Å²) in [5.41, 5.74) is 0. The molecule has 0 aromatic rings. The molecule has 1 aliphatic rings. The zero-order valence-corrected chi connectivity index (χ0v) is 10.2. The van der Waals surface area contributed by atoms with E-state index in [-0.39, 0.29) is 0 Å². The van der Waals surface area contributed by atoms with Crippen LogP contribution in [0.15, 0.2) is 11.1 Å². The molecule has 13 heavy (non-hydrogen) atoms. The van der Waals surface area contributed by atoms with Crippen molar-refractivity contribution in [3.05, 3.63) is 11.1 Å². The predicted octanol–water partition coefficient (Wildman–Crippen LogP) is 1.92. The van der Waals surface area contributed by atoms with Crippen LogP contribution in [0.25, 0.3) is 0 Å². The summed E-state index contributed by atoms with van der Waals surface area (Å²) < 4.78 is 1.09. The number of hydrogen-bond acceptors (Lipinski definition) is 2. The summed E-state index contributed by atoms with van der Waals surface area (Å²) in [4.78, 5) is 4.79. The highest BCUT2D eigenvalue weighted by molar-refractivity contribution is 9.11. The van der Waals surface area contributed by atoms with Gasteiger partial charge in [-0.3, -0.25) is 4.90 Å². The van der Waals surface area contributed by atoms with Gasteiger partial charge < -0.3 is 4.90 Å². The molecule has 1 aliphatic heterocycles. The summed E-state index contributed by atoms with van der Waals surface area (Å²) >= 11 is 3.42. The average molecular weight is 247 g/mol. The van der Waals surface area contributed by atoms with Crippen LogP contribution < -0.4 is 0 Å². The molecule has 3 heteroatoms. The van der Waals surface area contributed by atoms with E-state index in [2.05, 4.69) is 46.4 Å². The Bertz CT molecular complexity index is 180. The van der Waals surface area contributed by atoms with Gasteiger partial charge in [0, 0.05) is 23.6 Å². The third-order valence-electron chi connectivity index (χ3n) is 2.61. The third-order valence-corrected chi connectivity index (χ3v) is 2.86. The van der Waals surface area contributed by atoms with Gasteiger partial charge in [0.05, 0.1) is 0 Å². The Balaban J connectivity index is 2.37. The standard InChI is InChI=1S/C10H19BrN2/c1-9(11)7-13-6-4-5-10(8-13)12(2)3/h10H,1,4-8H2,2-3H3. The van der Waals surface area contributed by atoms with Crippen LogP contribution in [0.5, 0.6) is 0 Å². The lowest BCUT2D eigenvalue weighted by molar-refractivity contribution is 0.143. The highest BCUT2D eigenvalue weighted by Gasteiger charge is 2.20. The van der Waals surface area contributed by atoms with E-state index in [9.17, 15) is 0 Å². The number of nitrogens with zero attached hydrogens (tertiary/aromatic N) is 2. The van der Waals surface area contributed by atoms with Crippen LogP contribution in [0.1, 0.15) is 12.8 Å². The van der Waals surface area contributed by atoms with Gasteiger partial charge in [-0.15, -0.1) is 0 Å². The van der Waals surface area contributed by atoms with Gasteiger partial charge in [-0.25, -0.2) is 0 Å². The SMILES string of the molecule is C=C(Br)CN1CCCC(N(C)C)C1. The van der Waals surface area contributed by atoms with Crippen molar-refractivity contribution in [1.82, 2.24) is 9.80 Å². The van der Waals surface area contributed by atoms with Gasteiger partial charge in [0.1, 0.15) is 0 Å². The summed E-state index contributed by atoms with van der Waals surface area (Å²) in [5, 5.41) is 0. The van der Waals surface area contributed by atoms with Gasteiger partial charge in [0.25, 0.3) is 0 Å². The first-order valence-electron chi connectivity index (χ1n) is 4.81. The lowest BCUT2D eigenvalue weighted by atomic mass is 10.1. The van der Waals surface area contributed by atoms with Crippen LogP contribution in [0.4, 0.5) is 0 Å². The Morgan fingerprint density at radius 1 is 1.62 bits per heavy atom. The van der Waals surface area contributed by atoms with E-state index in [4.69, 9.17) is 0 Å². The highest BCUT2D eigenvalue weighted by atomic mass is 79.9. The highest BCUT2D eigenvalue weighted by Crippen LogP contribution is 2.15. The second-order valence-corrected chi connectivity index (χ2v) is 5.13. The number of likely N-dealkylation sites (N-methyl/N-ethyl adjacent to an activating group) is 1. The zero-order chi connectivity index (χ0) is 9.84. The Morgan fingerprint density at radius 2 is 2.31 bits per heavy atom. The Labute approximate surface area is 89.7 Å². The van der Waals surface area contributed by atoms with E-state index in [1.165, 1.54) is 25.9 Å². The van der Waals surface area contributed by atoms with Crippen LogP contribution in [-0.2, 0) is 0 Å². The minimum atomic E-state index is 0.723. The molecule has 0 spiro atoms. The van der Waals surface area contributed by atoms with E-state index in [1.54, 1.807) is 0 Å². The Morgan fingerprint density at radius 3 is 2.85 bits per heavy atom. The van der Waals surface area contributed by atoms with E-state index in [1.807, 2.05) is 0 Å². The topological polar surface area (TPSA) is 6.48 Å². The second kappa shape index (κ2) is 5.13. The molecule has 0 bridgehead atoms.